The number of nitrogens with zero attached hydrogens (tertiary/aromatic N) is 1. The monoisotopic (exact) mass is 461 g/mol. The minimum Gasteiger partial charge on any atom is -0.492 e. The lowest BCUT2D eigenvalue weighted by Crippen LogP contribution is -2.36. The van der Waals surface area contributed by atoms with Gasteiger partial charge in [-0.25, -0.2) is 4.79 Å². The van der Waals surface area contributed by atoms with Crippen LogP contribution in [0.2, 0.25) is 5.02 Å². The van der Waals surface area contributed by atoms with Gasteiger partial charge in [0.05, 0.1) is 30.0 Å². The fourth-order valence-electron chi connectivity index (χ4n) is 4.57. The molecule has 1 aliphatic heterocycles. The van der Waals surface area contributed by atoms with Gasteiger partial charge in [-0.3, -0.25) is 4.79 Å². The fraction of sp³-hybridized carbons (Fsp3) is 0.500. The Morgan fingerprint density at radius 2 is 2.00 bits per heavy atom. The maximum absolute atomic E-state index is 12.5. The lowest BCUT2D eigenvalue weighted by Gasteiger charge is -2.40. The SMILES string of the molecule is COC1CC(COc2cc3c(cc2Cl)-c2cc(=O)c(C(=O)O)cn2[C@H](C(C)(C)CO)C3)C1. The maximum atomic E-state index is 12.5. The molecule has 1 saturated carbocycles. The van der Waals surface area contributed by atoms with Crippen LogP contribution in [0.4, 0.5) is 0 Å². The van der Waals surface area contributed by atoms with Gasteiger partial charge in [0, 0.05) is 36.4 Å². The molecule has 8 heteroatoms. The number of carboxylic acids is 1. The summed E-state index contributed by atoms with van der Waals surface area (Å²) in [4.78, 5) is 24.0. The smallest absolute Gasteiger partial charge is 0.341 e. The van der Waals surface area contributed by atoms with Crippen molar-refractivity contribution < 1.29 is 24.5 Å². The zero-order chi connectivity index (χ0) is 23.2. The van der Waals surface area contributed by atoms with Crippen LogP contribution in [0.25, 0.3) is 11.3 Å². The minimum absolute atomic E-state index is 0.0970. The number of fused-ring (bicyclic) bond motifs is 3. The van der Waals surface area contributed by atoms with Gasteiger partial charge >= 0.3 is 5.97 Å². The van der Waals surface area contributed by atoms with Crippen LogP contribution >= 0.6 is 11.6 Å². The second kappa shape index (κ2) is 8.54. The standard InChI is InChI=1S/C24H28ClNO6/c1-24(2,12-27)22-7-14-6-21(32-11-13-4-15(5-13)31-3)18(25)8-16(14)19-9-20(28)17(23(29)30)10-26(19)22/h6,8-10,13,15,22,27H,4-5,7,11-12H2,1-3H3,(H,29,30)/t13?,15?,22-/m0/s1. The van der Waals surface area contributed by atoms with Crippen molar-refractivity contribution in [2.75, 3.05) is 20.3 Å². The number of rotatable bonds is 7. The summed E-state index contributed by atoms with van der Waals surface area (Å²) in [7, 11) is 1.72. The zero-order valence-electron chi connectivity index (χ0n) is 18.4. The summed E-state index contributed by atoms with van der Waals surface area (Å²) in [6.07, 6.45) is 4.16. The van der Waals surface area contributed by atoms with E-state index in [1.807, 2.05) is 19.9 Å². The molecule has 1 atom stereocenters. The van der Waals surface area contributed by atoms with Crippen molar-refractivity contribution in [2.45, 2.75) is 45.3 Å². The number of ether oxygens (including phenoxy) is 2. The summed E-state index contributed by atoms with van der Waals surface area (Å²) in [5.41, 5.74) is 0.886. The van der Waals surface area contributed by atoms with Gasteiger partial charge in [0.15, 0.2) is 5.43 Å². The molecule has 0 amide bonds. The highest BCUT2D eigenvalue weighted by Crippen LogP contribution is 2.45. The maximum Gasteiger partial charge on any atom is 0.341 e. The molecule has 4 rings (SSSR count). The molecule has 2 heterocycles. The van der Waals surface area contributed by atoms with Gasteiger partial charge in [0.25, 0.3) is 0 Å². The molecule has 2 N–H and O–H groups in total. The first kappa shape index (κ1) is 22.8. The predicted octanol–water partition coefficient (Wildman–Crippen LogP) is 3.79. The Hall–Kier alpha value is -2.35. The van der Waals surface area contributed by atoms with E-state index < -0.39 is 16.8 Å². The summed E-state index contributed by atoms with van der Waals surface area (Å²) in [6.45, 7) is 4.30. The van der Waals surface area contributed by atoms with E-state index in [1.54, 1.807) is 17.7 Å². The van der Waals surface area contributed by atoms with Crippen LogP contribution in [-0.2, 0) is 11.2 Å². The Labute approximate surface area is 191 Å². The number of hydrogen-bond acceptors (Lipinski definition) is 5. The number of aromatic carboxylic acids is 1. The molecule has 172 valence electrons. The quantitative estimate of drug-likeness (QED) is 0.651. The average molecular weight is 462 g/mol. The van der Waals surface area contributed by atoms with Crippen LogP contribution in [0.15, 0.2) is 29.2 Å². The normalized spacial score (nSPS) is 22.0. The van der Waals surface area contributed by atoms with Crippen molar-refractivity contribution in [1.29, 1.82) is 0 Å². The van der Waals surface area contributed by atoms with Crippen LogP contribution in [0.3, 0.4) is 0 Å². The largest absolute Gasteiger partial charge is 0.492 e. The van der Waals surface area contributed by atoms with E-state index >= 15 is 0 Å². The topological polar surface area (TPSA) is 98.0 Å². The van der Waals surface area contributed by atoms with Crippen LogP contribution < -0.4 is 10.2 Å². The van der Waals surface area contributed by atoms with E-state index in [1.165, 1.54) is 12.3 Å². The molecule has 1 fully saturated rings. The van der Waals surface area contributed by atoms with Gasteiger partial charge in [0.1, 0.15) is 11.3 Å². The molecule has 7 nitrogen and oxygen atoms in total. The molecule has 1 aromatic carbocycles. The lowest BCUT2D eigenvalue weighted by atomic mass is 9.78. The Bertz CT molecular complexity index is 1100. The van der Waals surface area contributed by atoms with Crippen molar-refractivity contribution in [1.82, 2.24) is 4.57 Å². The van der Waals surface area contributed by atoms with E-state index in [4.69, 9.17) is 21.1 Å². The van der Waals surface area contributed by atoms with Gasteiger partial charge in [-0.05, 0) is 42.9 Å². The van der Waals surface area contributed by atoms with Crippen molar-refractivity contribution >= 4 is 17.6 Å². The van der Waals surface area contributed by atoms with E-state index in [0.717, 1.165) is 24.0 Å². The number of aromatic nitrogens is 1. The van der Waals surface area contributed by atoms with Crippen LogP contribution in [0.5, 0.6) is 5.75 Å². The fourth-order valence-corrected chi connectivity index (χ4v) is 4.79. The number of halogens is 1. The second-order valence-electron chi connectivity index (χ2n) is 9.46. The average Bonchev–Trinajstić information content (AvgIpc) is 2.72. The molecule has 2 aliphatic rings. The molecule has 1 aromatic heterocycles. The van der Waals surface area contributed by atoms with Crippen molar-refractivity contribution in [2.24, 2.45) is 11.3 Å². The summed E-state index contributed by atoms with van der Waals surface area (Å²) >= 11 is 6.53. The molecule has 0 unspecified atom stereocenters. The Morgan fingerprint density at radius 3 is 2.62 bits per heavy atom. The summed E-state index contributed by atoms with van der Waals surface area (Å²) < 4.78 is 13.1. The Kier molecular flexibility index (Phi) is 6.09. The van der Waals surface area contributed by atoms with Crippen LogP contribution in [0, 0.1) is 11.3 Å². The van der Waals surface area contributed by atoms with Crippen molar-refractivity contribution in [3.63, 3.8) is 0 Å². The molecular formula is C24H28ClNO6. The highest BCUT2D eigenvalue weighted by Gasteiger charge is 2.36. The number of pyridine rings is 1. The third-order valence-electron chi connectivity index (χ3n) is 6.80. The van der Waals surface area contributed by atoms with Crippen molar-refractivity contribution in [3.8, 4) is 17.0 Å². The van der Waals surface area contributed by atoms with Gasteiger partial charge < -0.3 is 24.3 Å². The zero-order valence-corrected chi connectivity index (χ0v) is 19.2. The number of aliphatic hydroxyl groups is 1. The number of carboxylic acid groups (broad SMARTS) is 1. The molecular weight excluding hydrogens is 434 g/mol. The number of hydrogen-bond donors (Lipinski definition) is 2. The van der Waals surface area contributed by atoms with E-state index in [9.17, 15) is 19.8 Å². The number of aliphatic hydroxyl groups excluding tert-OH is 1. The van der Waals surface area contributed by atoms with Gasteiger partial charge in [-0.2, -0.15) is 0 Å². The highest BCUT2D eigenvalue weighted by molar-refractivity contribution is 6.32. The first-order valence-corrected chi connectivity index (χ1v) is 11.1. The number of methoxy groups -OCH3 is 1. The van der Waals surface area contributed by atoms with Gasteiger partial charge in [-0.15, -0.1) is 0 Å². The molecule has 32 heavy (non-hydrogen) atoms. The number of carbonyl (C=O) groups is 1. The number of benzene rings is 1. The molecule has 1 aliphatic carbocycles. The van der Waals surface area contributed by atoms with Crippen molar-refractivity contribution in [3.05, 3.63) is 50.8 Å². The summed E-state index contributed by atoms with van der Waals surface area (Å²) in [6, 6.07) is 4.78. The molecule has 2 aromatic rings. The van der Waals surface area contributed by atoms with E-state index in [2.05, 4.69) is 0 Å². The molecule has 0 spiro atoms. The van der Waals surface area contributed by atoms with E-state index in [-0.39, 0.29) is 18.2 Å². The second-order valence-corrected chi connectivity index (χ2v) is 9.87. The third-order valence-corrected chi connectivity index (χ3v) is 7.10. The first-order valence-electron chi connectivity index (χ1n) is 10.7. The van der Waals surface area contributed by atoms with E-state index in [0.29, 0.717) is 41.5 Å². The van der Waals surface area contributed by atoms with Crippen LogP contribution in [0.1, 0.15) is 48.7 Å². The van der Waals surface area contributed by atoms with Gasteiger partial charge in [0.2, 0.25) is 0 Å². The Balaban J connectivity index is 1.73. The predicted molar refractivity (Wildman–Crippen MR) is 121 cm³/mol. The minimum atomic E-state index is -1.27. The third kappa shape index (κ3) is 4.05. The highest BCUT2D eigenvalue weighted by atomic mass is 35.5. The first-order chi connectivity index (χ1) is 15.1. The molecule has 0 bridgehead atoms. The Morgan fingerprint density at radius 1 is 1.28 bits per heavy atom. The van der Waals surface area contributed by atoms with Gasteiger partial charge in [-0.1, -0.05) is 25.4 Å². The molecule has 0 saturated heterocycles. The summed E-state index contributed by atoms with van der Waals surface area (Å²) in [5.74, 6) is -0.253. The molecule has 0 radical (unpaired) electrons. The lowest BCUT2D eigenvalue weighted by molar-refractivity contribution is -0.0141. The van der Waals surface area contributed by atoms with Crippen LogP contribution in [-0.4, -0.2) is 47.2 Å². The summed E-state index contributed by atoms with van der Waals surface area (Å²) in [5, 5.41) is 19.9.